The van der Waals surface area contributed by atoms with Crippen molar-refractivity contribution in [1.82, 2.24) is 10.7 Å². The van der Waals surface area contributed by atoms with Crippen LogP contribution in [0, 0.1) is 5.92 Å². The Balaban J connectivity index is 1.77. The van der Waals surface area contributed by atoms with Gasteiger partial charge in [-0.1, -0.05) is 30.3 Å². The fourth-order valence-corrected chi connectivity index (χ4v) is 3.22. The van der Waals surface area contributed by atoms with Crippen LogP contribution in [0.1, 0.15) is 24.0 Å². The number of hydrogen-bond donors (Lipinski definition) is 2. The monoisotopic (exact) mass is 381 g/mol. The molecule has 2 unspecified atom stereocenters. The Kier molecular flexibility index (Phi) is 5.93. The fraction of sp³-hybridized carbons (Fsp3) is 0.286. The maximum atomic E-state index is 12.7. The largest absolute Gasteiger partial charge is 0.497 e. The Hall–Kier alpha value is -3.35. The molecular weight excluding hydrogens is 358 g/mol. The lowest BCUT2D eigenvalue weighted by Crippen LogP contribution is -2.35. The van der Waals surface area contributed by atoms with Crippen molar-refractivity contribution in [3.63, 3.8) is 0 Å². The minimum atomic E-state index is -0.821. The second kappa shape index (κ2) is 8.56. The number of ether oxygens (including phenoxy) is 2. The minimum Gasteiger partial charge on any atom is -0.497 e. The Labute approximate surface area is 163 Å². The topological polar surface area (TPSA) is 89.0 Å². The third kappa shape index (κ3) is 4.14. The summed E-state index contributed by atoms with van der Waals surface area (Å²) in [5, 5.41) is 6.95. The summed E-state index contributed by atoms with van der Waals surface area (Å²) in [5.74, 6) is -0.524. The summed E-state index contributed by atoms with van der Waals surface area (Å²) >= 11 is 0. The van der Waals surface area contributed by atoms with Gasteiger partial charge in [-0.15, -0.1) is 0 Å². The van der Waals surface area contributed by atoms with Crippen molar-refractivity contribution < 1.29 is 19.1 Å². The van der Waals surface area contributed by atoms with Gasteiger partial charge in [-0.05, 0) is 24.6 Å². The van der Waals surface area contributed by atoms with Crippen LogP contribution in [0.15, 0.2) is 53.6 Å². The standard InChI is InChI=1S/C21H23N3O4/c1-13(15-9-16(27-2)11-17(10-15)28-3)23-24-21(26)19-18(12-22-20(19)25)14-7-5-4-6-8-14/h4-11,18-19H,12H2,1-3H3,(H,22,25)(H,24,26)/b23-13-. The number of rotatable bonds is 6. The first-order chi connectivity index (χ1) is 13.5. The summed E-state index contributed by atoms with van der Waals surface area (Å²) < 4.78 is 10.5. The molecule has 28 heavy (non-hydrogen) atoms. The highest BCUT2D eigenvalue weighted by Gasteiger charge is 2.40. The third-order valence-corrected chi connectivity index (χ3v) is 4.79. The number of hydrogen-bond acceptors (Lipinski definition) is 5. The molecule has 3 rings (SSSR count). The highest BCUT2D eigenvalue weighted by atomic mass is 16.5. The number of hydrazone groups is 1. The zero-order valence-electron chi connectivity index (χ0n) is 16.1. The van der Waals surface area contributed by atoms with Gasteiger partial charge in [0.2, 0.25) is 5.91 Å². The van der Waals surface area contributed by atoms with E-state index in [1.165, 1.54) is 0 Å². The second-order valence-corrected chi connectivity index (χ2v) is 6.51. The molecule has 1 fully saturated rings. The molecule has 2 aromatic rings. The number of nitrogens with zero attached hydrogens (tertiary/aromatic N) is 1. The van der Waals surface area contributed by atoms with E-state index in [1.807, 2.05) is 30.3 Å². The van der Waals surface area contributed by atoms with Crippen molar-refractivity contribution >= 4 is 17.5 Å². The summed E-state index contributed by atoms with van der Waals surface area (Å²) in [6.07, 6.45) is 0. The number of benzene rings is 2. The zero-order valence-corrected chi connectivity index (χ0v) is 16.1. The summed E-state index contributed by atoms with van der Waals surface area (Å²) in [4.78, 5) is 24.9. The lowest BCUT2D eigenvalue weighted by atomic mass is 9.88. The van der Waals surface area contributed by atoms with Crippen LogP contribution in [-0.4, -0.2) is 38.3 Å². The van der Waals surface area contributed by atoms with Gasteiger partial charge in [0.15, 0.2) is 0 Å². The quantitative estimate of drug-likeness (QED) is 0.455. The van der Waals surface area contributed by atoms with Crippen molar-refractivity contribution in [3.8, 4) is 11.5 Å². The van der Waals surface area contributed by atoms with Crippen LogP contribution < -0.4 is 20.2 Å². The third-order valence-electron chi connectivity index (χ3n) is 4.79. The molecule has 1 aliphatic rings. The molecule has 2 N–H and O–H groups in total. The Morgan fingerprint density at radius 2 is 1.75 bits per heavy atom. The average molecular weight is 381 g/mol. The van der Waals surface area contributed by atoms with Gasteiger partial charge >= 0.3 is 0 Å². The Morgan fingerprint density at radius 3 is 2.36 bits per heavy atom. The van der Waals surface area contributed by atoms with E-state index in [9.17, 15) is 9.59 Å². The van der Waals surface area contributed by atoms with Crippen LogP contribution in [0.25, 0.3) is 0 Å². The predicted molar refractivity (Wildman–Crippen MR) is 106 cm³/mol. The van der Waals surface area contributed by atoms with E-state index < -0.39 is 11.8 Å². The molecule has 1 saturated heterocycles. The van der Waals surface area contributed by atoms with Gasteiger partial charge in [-0.2, -0.15) is 5.10 Å². The first kappa shape index (κ1) is 19.4. The summed E-state index contributed by atoms with van der Waals surface area (Å²) in [6, 6.07) is 14.9. The van der Waals surface area contributed by atoms with E-state index >= 15 is 0 Å². The van der Waals surface area contributed by atoms with E-state index in [4.69, 9.17) is 9.47 Å². The van der Waals surface area contributed by atoms with Gasteiger partial charge < -0.3 is 14.8 Å². The molecule has 2 atom stereocenters. The molecule has 0 saturated carbocycles. The van der Waals surface area contributed by atoms with E-state index in [-0.39, 0.29) is 11.8 Å². The number of nitrogens with one attached hydrogen (secondary N) is 2. The molecule has 2 aromatic carbocycles. The average Bonchev–Trinajstić information content (AvgIpc) is 3.13. The van der Waals surface area contributed by atoms with Crippen LogP contribution in [0.3, 0.4) is 0 Å². The fourth-order valence-electron chi connectivity index (χ4n) is 3.22. The van der Waals surface area contributed by atoms with Crippen molar-refractivity contribution in [3.05, 3.63) is 59.7 Å². The lowest BCUT2D eigenvalue weighted by Gasteiger charge is -2.15. The SMILES string of the molecule is COc1cc(OC)cc(/C(C)=N\NC(=O)C2C(=O)NCC2c2ccccc2)c1. The predicted octanol–water partition coefficient (Wildman–Crippen LogP) is 2.07. The molecule has 0 radical (unpaired) electrons. The lowest BCUT2D eigenvalue weighted by molar-refractivity contribution is -0.133. The summed E-state index contributed by atoms with van der Waals surface area (Å²) in [5.41, 5.74) is 4.79. The molecule has 7 heteroatoms. The molecule has 1 aliphatic heterocycles. The number of carbonyl (C=O) groups is 2. The first-order valence-electron chi connectivity index (χ1n) is 8.93. The molecule has 0 bridgehead atoms. The maximum Gasteiger partial charge on any atom is 0.253 e. The van der Waals surface area contributed by atoms with Gasteiger partial charge in [0.25, 0.3) is 5.91 Å². The zero-order chi connectivity index (χ0) is 20.1. The molecule has 146 valence electrons. The summed E-state index contributed by atoms with van der Waals surface area (Å²) in [7, 11) is 3.13. The second-order valence-electron chi connectivity index (χ2n) is 6.51. The van der Waals surface area contributed by atoms with Crippen molar-refractivity contribution in [1.29, 1.82) is 0 Å². The molecule has 0 aromatic heterocycles. The van der Waals surface area contributed by atoms with E-state index in [1.54, 1.807) is 39.3 Å². The van der Waals surface area contributed by atoms with E-state index in [0.717, 1.165) is 11.1 Å². The molecular formula is C21H23N3O4. The van der Waals surface area contributed by atoms with Gasteiger partial charge in [-0.3, -0.25) is 9.59 Å². The van der Waals surface area contributed by atoms with Gasteiger partial charge in [0, 0.05) is 24.1 Å². The number of amides is 2. The van der Waals surface area contributed by atoms with E-state index in [2.05, 4.69) is 15.8 Å². The van der Waals surface area contributed by atoms with Crippen molar-refractivity contribution in [2.75, 3.05) is 20.8 Å². The highest BCUT2D eigenvalue weighted by molar-refractivity contribution is 6.04. The van der Waals surface area contributed by atoms with Crippen molar-refractivity contribution in [2.45, 2.75) is 12.8 Å². The van der Waals surface area contributed by atoms with Crippen LogP contribution in [0.5, 0.6) is 11.5 Å². The van der Waals surface area contributed by atoms with Crippen LogP contribution in [0.4, 0.5) is 0 Å². The van der Waals surface area contributed by atoms with Crippen molar-refractivity contribution in [2.24, 2.45) is 11.0 Å². The van der Waals surface area contributed by atoms with E-state index in [0.29, 0.717) is 23.8 Å². The number of carbonyl (C=O) groups excluding carboxylic acids is 2. The molecule has 1 heterocycles. The molecule has 2 amide bonds. The Morgan fingerprint density at radius 1 is 1.11 bits per heavy atom. The smallest absolute Gasteiger partial charge is 0.253 e. The van der Waals surface area contributed by atoms with Gasteiger partial charge in [0.05, 0.1) is 19.9 Å². The van der Waals surface area contributed by atoms with Crippen LogP contribution in [0.2, 0.25) is 0 Å². The maximum absolute atomic E-state index is 12.7. The minimum absolute atomic E-state index is 0.221. The first-order valence-corrected chi connectivity index (χ1v) is 8.93. The molecule has 7 nitrogen and oxygen atoms in total. The van der Waals surface area contributed by atoms with Gasteiger partial charge in [0.1, 0.15) is 17.4 Å². The normalized spacial score (nSPS) is 19.1. The van der Waals surface area contributed by atoms with Crippen LogP contribution >= 0.6 is 0 Å². The van der Waals surface area contributed by atoms with Crippen LogP contribution in [-0.2, 0) is 9.59 Å². The number of methoxy groups -OCH3 is 2. The molecule has 0 aliphatic carbocycles. The molecule has 0 spiro atoms. The van der Waals surface area contributed by atoms with Gasteiger partial charge in [-0.25, -0.2) is 5.43 Å². The summed E-state index contributed by atoms with van der Waals surface area (Å²) in [6.45, 7) is 2.19. The Bertz CT molecular complexity index is 874. The highest BCUT2D eigenvalue weighted by Crippen LogP contribution is 2.29.